The van der Waals surface area contributed by atoms with Crippen molar-refractivity contribution in [2.75, 3.05) is 33.9 Å². The number of methoxy groups -OCH3 is 2. The average molecular weight is 267 g/mol. The third-order valence-corrected chi connectivity index (χ3v) is 3.03. The second kappa shape index (κ2) is 5.90. The summed E-state index contributed by atoms with van der Waals surface area (Å²) in [4.78, 5) is 11.6. The molecule has 0 radical (unpaired) electrons. The lowest BCUT2D eigenvalue weighted by atomic mass is 10.0. The van der Waals surface area contributed by atoms with Crippen molar-refractivity contribution in [1.82, 2.24) is 5.32 Å². The normalized spacial score (nSPS) is 18.9. The first-order valence-corrected chi connectivity index (χ1v) is 5.99. The topological polar surface area (TPSA) is 77.0 Å². The molecule has 1 saturated heterocycles. The molecule has 1 unspecified atom stereocenters. The number of hydrogen-bond acceptors (Lipinski definition) is 6. The Bertz CT molecular complexity index is 468. The number of carbonyl (C=O) groups is 1. The molecule has 2 rings (SSSR count). The number of morpholine rings is 1. The lowest BCUT2D eigenvalue weighted by Crippen LogP contribution is -2.33. The zero-order chi connectivity index (χ0) is 13.8. The molecule has 1 fully saturated rings. The summed E-state index contributed by atoms with van der Waals surface area (Å²) in [6.45, 7) is 2.00. The Hall–Kier alpha value is -1.79. The molecule has 2 N–H and O–H groups in total. The van der Waals surface area contributed by atoms with Gasteiger partial charge in [-0.1, -0.05) is 0 Å². The largest absolute Gasteiger partial charge is 0.507 e. The molecular formula is C13H17NO5. The molecule has 0 aliphatic carbocycles. The van der Waals surface area contributed by atoms with Gasteiger partial charge in [0.05, 0.1) is 26.9 Å². The number of phenolic OH excluding ortho intramolecular Hbond substituents is 1. The molecule has 6 heteroatoms. The molecule has 0 aromatic heterocycles. The van der Waals surface area contributed by atoms with Gasteiger partial charge in [-0.15, -0.1) is 0 Å². The van der Waals surface area contributed by atoms with Crippen LogP contribution in [0.15, 0.2) is 12.1 Å². The first-order chi connectivity index (χ1) is 9.17. The first-order valence-electron chi connectivity index (χ1n) is 5.99. The van der Waals surface area contributed by atoms with E-state index in [0.29, 0.717) is 24.5 Å². The van der Waals surface area contributed by atoms with Crippen molar-refractivity contribution in [3.8, 4) is 11.5 Å². The van der Waals surface area contributed by atoms with Gasteiger partial charge in [-0.3, -0.25) is 0 Å². The highest BCUT2D eigenvalue weighted by atomic mass is 16.5. The van der Waals surface area contributed by atoms with Crippen molar-refractivity contribution in [2.24, 2.45) is 0 Å². The fourth-order valence-corrected chi connectivity index (χ4v) is 2.05. The summed E-state index contributed by atoms with van der Waals surface area (Å²) in [6.07, 6.45) is -0.215. The number of benzene rings is 1. The Kier molecular flexibility index (Phi) is 4.24. The van der Waals surface area contributed by atoms with Crippen LogP contribution >= 0.6 is 0 Å². The number of carbonyl (C=O) groups excluding carboxylic acids is 1. The molecule has 1 aliphatic rings. The number of rotatable bonds is 3. The van der Waals surface area contributed by atoms with Crippen LogP contribution in [0.4, 0.5) is 0 Å². The van der Waals surface area contributed by atoms with Gasteiger partial charge in [-0.2, -0.15) is 0 Å². The predicted molar refractivity (Wildman–Crippen MR) is 67.6 cm³/mol. The van der Waals surface area contributed by atoms with Gasteiger partial charge in [-0.05, 0) is 6.07 Å². The van der Waals surface area contributed by atoms with Crippen LogP contribution in [-0.4, -0.2) is 45.0 Å². The molecule has 0 bridgehead atoms. The molecule has 0 spiro atoms. The molecule has 1 atom stereocenters. The summed E-state index contributed by atoms with van der Waals surface area (Å²) in [5.74, 6) is -0.278. The van der Waals surface area contributed by atoms with E-state index in [4.69, 9.17) is 9.47 Å². The average Bonchev–Trinajstić information content (AvgIpc) is 2.47. The van der Waals surface area contributed by atoms with Gasteiger partial charge in [-0.25, -0.2) is 4.79 Å². The zero-order valence-electron chi connectivity index (χ0n) is 10.9. The van der Waals surface area contributed by atoms with Gasteiger partial charge < -0.3 is 24.6 Å². The SMILES string of the molecule is COC(=O)c1cc(C2CNCCO2)c(OC)cc1O. The molecule has 1 aromatic carbocycles. The van der Waals surface area contributed by atoms with Crippen LogP contribution in [0.5, 0.6) is 11.5 Å². The van der Waals surface area contributed by atoms with Crippen molar-refractivity contribution in [3.63, 3.8) is 0 Å². The summed E-state index contributed by atoms with van der Waals surface area (Å²) in [5.41, 5.74) is 0.820. The molecule has 104 valence electrons. The maximum absolute atomic E-state index is 11.6. The van der Waals surface area contributed by atoms with Gasteiger partial charge in [0.1, 0.15) is 17.1 Å². The lowest BCUT2D eigenvalue weighted by Gasteiger charge is -2.25. The van der Waals surface area contributed by atoms with Crippen LogP contribution in [0.2, 0.25) is 0 Å². The smallest absolute Gasteiger partial charge is 0.341 e. The van der Waals surface area contributed by atoms with Crippen LogP contribution in [0, 0.1) is 0 Å². The predicted octanol–water partition coefficient (Wildman–Crippen LogP) is 0.848. The molecule has 19 heavy (non-hydrogen) atoms. The summed E-state index contributed by atoms with van der Waals surface area (Å²) in [6, 6.07) is 2.96. The zero-order valence-corrected chi connectivity index (χ0v) is 10.9. The maximum Gasteiger partial charge on any atom is 0.341 e. The minimum atomic E-state index is -0.592. The monoisotopic (exact) mass is 267 g/mol. The summed E-state index contributed by atoms with van der Waals surface area (Å²) < 4.78 is 15.5. The lowest BCUT2D eigenvalue weighted by molar-refractivity contribution is 0.0261. The minimum absolute atomic E-state index is 0.104. The number of ether oxygens (including phenoxy) is 3. The maximum atomic E-state index is 11.6. The van der Waals surface area contributed by atoms with E-state index < -0.39 is 5.97 Å². The molecule has 0 amide bonds. The highest BCUT2D eigenvalue weighted by Crippen LogP contribution is 2.34. The van der Waals surface area contributed by atoms with Crippen LogP contribution in [0.1, 0.15) is 22.0 Å². The molecule has 1 aliphatic heterocycles. The Labute approximate surface area is 111 Å². The first kappa shape index (κ1) is 13.6. The van der Waals surface area contributed by atoms with Gasteiger partial charge in [0.15, 0.2) is 0 Å². The van der Waals surface area contributed by atoms with E-state index in [2.05, 4.69) is 10.1 Å². The van der Waals surface area contributed by atoms with Crippen molar-refractivity contribution < 1.29 is 24.1 Å². The van der Waals surface area contributed by atoms with Crippen LogP contribution < -0.4 is 10.1 Å². The highest BCUT2D eigenvalue weighted by Gasteiger charge is 2.24. The molecule has 6 nitrogen and oxygen atoms in total. The molecule has 1 aromatic rings. The molecule has 0 saturated carbocycles. The van der Waals surface area contributed by atoms with Crippen LogP contribution in [0.25, 0.3) is 0 Å². The number of nitrogens with one attached hydrogen (secondary N) is 1. The van der Waals surface area contributed by atoms with Gasteiger partial charge in [0.2, 0.25) is 0 Å². The summed E-state index contributed by atoms with van der Waals surface area (Å²) in [5, 5.41) is 13.0. The fraction of sp³-hybridized carbons (Fsp3) is 0.462. The van der Waals surface area contributed by atoms with E-state index in [1.165, 1.54) is 20.3 Å². The Balaban J connectivity index is 2.41. The van der Waals surface area contributed by atoms with Crippen molar-refractivity contribution >= 4 is 5.97 Å². The van der Waals surface area contributed by atoms with Gasteiger partial charge in [0.25, 0.3) is 0 Å². The minimum Gasteiger partial charge on any atom is -0.507 e. The second-order valence-corrected chi connectivity index (χ2v) is 4.17. The standard InChI is InChI=1S/C13H17NO5/c1-17-11-6-10(15)8(13(16)18-2)5-9(11)12-7-14-3-4-19-12/h5-6,12,14-15H,3-4,7H2,1-2H3. The van der Waals surface area contributed by atoms with Crippen molar-refractivity contribution in [3.05, 3.63) is 23.3 Å². The molecular weight excluding hydrogens is 250 g/mol. The van der Waals surface area contributed by atoms with E-state index in [0.717, 1.165) is 6.54 Å². The Morgan fingerprint density at radius 3 is 2.84 bits per heavy atom. The van der Waals surface area contributed by atoms with E-state index in [9.17, 15) is 9.90 Å². The number of hydrogen-bond donors (Lipinski definition) is 2. The van der Waals surface area contributed by atoms with E-state index in [1.807, 2.05) is 0 Å². The third kappa shape index (κ3) is 2.80. The Morgan fingerprint density at radius 2 is 2.26 bits per heavy atom. The second-order valence-electron chi connectivity index (χ2n) is 4.17. The van der Waals surface area contributed by atoms with Crippen LogP contribution in [-0.2, 0) is 9.47 Å². The van der Waals surface area contributed by atoms with Crippen LogP contribution in [0.3, 0.4) is 0 Å². The van der Waals surface area contributed by atoms with Crippen molar-refractivity contribution in [2.45, 2.75) is 6.10 Å². The van der Waals surface area contributed by atoms with Gasteiger partial charge >= 0.3 is 5.97 Å². The van der Waals surface area contributed by atoms with E-state index in [1.54, 1.807) is 6.07 Å². The summed E-state index contributed by atoms with van der Waals surface area (Å²) >= 11 is 0. The van der Waals surface area contributed by atoms with Crippen molar-refractivity contribution in [1.29, 1.82) is 0 Å². The van der Waals surface area contributed by atoms with E-state index in [-0.39, 0.29) is 17.4 Å². The Morgan fingerprint density at radius 1 is 1.47 bits per heavy atom. The third-order valence-electron chi connectivity index (χ3n) is 3.03. The fourth-order valence-electron chi connectivity index (χ4n) is 2.05. The number of phenols is 1. The quantitative estimate of drug-likeness (QED) is 0.791. The number of aromatic hydroxyl groups is 1. The summed E-state index contributed by atoms with van der Waals surface area (Å²) in [7, 11) is 2.77. The number of esters is 1. The highest BCUT2D eigenvalue weighted by molar-refractivity contribution is 5.93. The molecule has 1 heterocycles. The van der Waals surface area contributed by atoms with E-state index >= 15 is 0 Å². The van der Waals surface area contributed by atoms with Gasteiger partial charge in [0, 0.05) is 24.7 Å².